The van der Waals surface area contributed by atoms with Crippen LogP contribution in [0, 0.1) is 21.4 Å². The molecule has 0 aliphatic heterocycles. The van der Waals surface area contributed by atoms with Crippen molar-refractivity contribution in [2.75, 3.05) is 19.0 Å². The number of carbonyl (C=O) groups is 1. The van der Waals surface area contributed by atoms with Gasteiger partial charge in [-0.3, -0.25) is 14.9 Å². The molecule has 0 saturated carbocycles. The van der Waals surface area contributed by atoms with Gasteiger partial charge in [0.1, 0.15) is 24.0 Å². The van der Waals surface area contributed by atoms with Crippen molar-refractivity contribution in [2.24, 2.45) is 0 Å². The van der Waals surface area contributed by atoms with E-state index in [4.69, 9.17) is 25.8 Å². The summed E-state index contributed by atoms with van der Waals surface area (Å²) in [5, 5.41) is 23.8. The van der Waals surface area contributed by atoms with Gasteiger partial charge in [0.2, 0.25) is 0 Å². The maximum Gasteiger partial charge on any atom is 0.271 e. The molecule has 1 amide bonds. The summed E-state index contributed by atoms with van der Waals surface area (Å²) >= 11 is 5.92. The molecule has 0 heterocycles. The number of anilines is 1. The Kier molecular flexibility index (Phi) is 8.86. The number of methoxy groups -OCH3 is 1. The number of nitro benzene ring substituents is 1. The SMILES string of the molecule is CCOc1cc(/C=C(\C#N)C(=O)Nc2cc([N+](=O)[O-])ccc2OC)ccc1OCc1ccc(Cl)cc1. The number of rotatable bonds is 10. The summed E-state index contributed by atoms with van der Waals surface area (Å²) in [5.74, 6) is 0.399. The molecule has 184 valence electrons. The highest BCUT2D eigenvalue weighted by molar-refractivity contribution is 6.30. The average Bonchev–Trinajstić information content (AvgIpc) is 2.87. The van der Waals surface area contributed by atoms with E-state index in [1.54, 1.807) is 30.3 Å². The second-order valence-electron chi connectivity index (χ2n) is 7.32. The lowest BCUT2D eigenvalue weighted by Gasteiger charge is -2.13. The van der Waals surface area contributed by atoms with Crippen LogP contribution in [0.4, 0.5) is 11.4 Å². The molecule has 0 atom stereocenters. The quantitative estimate of drug-likeness (QED) is 0.159. The van der Waals surface area contributed by atoms with Gasteiger partial charge in [-0.2, -0.15) is 5.26 Å². The number of halogens is 1. The van der Waals surface area contributed by atoms with Crippen LogP contribution in [-0.2, 0) is 11.4 Å². The van der Waals surface area contributed by atoms with Crippen molar-refractivity contribution in [1.29, 1.82) is 5.26 Å². The summed E-state index contributed by atoms with van der Waals surface area (Å²) in [6.45, 7) is 2.50. The van der Waals surface area contributed by atoms with Crippen molar-refractivity contribution >= 4 is 35.0 Å². The molecule has 1 N–H and O–H groups in total. The Morgan fingerprint density at radius 2 is 1.81 bits per heavy atom. The lowest BCUT2D eigenvalue weighted by Crippen LogP contribution is -2.14. The van der Waals surface area contributed by atoms with Crippen molar-refractivity contribution in [3.05, 3.63) is 92.5 Å². The number of nitrogens with zero attached hydrogens (tertiary/aromatic N) is 2. The molecule has 0 bridgehead atoms. The third kappa shape index (κ3) is 6.74. The first-order valence-electron chi connectivity index (χ1n) is 10.7. The molecular weight excluding hydrogens is 486 g/mol. The molecule has 0 aliphatic rings. The van der Waals surface area contributed by atoms with Gasteiger partial charge in [0.25, 0.3) is 11.6 Å². The summed E-state index contributed by atoms with van der Waals surface area (Å²) in [5.41, 5.74) is 1.06. The monoisotopic (exact) mass is 507 g/mol. The van der Waals surface area contributed by atoms with Gasteiger partial charge in [0.15, 0.2) is 11.5 Å². The Morgan fingerprint density at radius 3 is 2.44 bits per heavy atom. The highest BCUT2D eigenvalue weighted by atomic mass is 35.5. The van der Waals surface area contributed by atoms with Crippen molar-refractivity contribution in [1.82, 2.24) is 0 Å². The van der Waals surface area contributed by atoms with Crippen LogP contribution in [0.1, 0.15) is 18.1 Å². The van der Waals surface area contributed by atoms with Gasteiger partial charge in [0, 0.05) is 17.2 Å². The smallest absolute Gasteiger partial charge is 0.271 e. The maximum absolute atomic E-state index is 12.8. The molecule has 0 saturated heterocycles. The number of carbonyl (C=O) groups excluding carboxylic acids is 1. The number of hydrogen-bond donors (Lipinski definition) is 1. The van der Waals surface area contributed by atoms with E-state index in [0.717, 1.165) is 11.6 Å². The minimum Gasteiger partial charge on any atom is -0.495 e. The normalized spacial score (nSPS) is 10.8. The standard InChI is InChI=1S/C26H22ClN3O6/c1-3-35-25-13-18(6-10-24(25)36-16-17-4-7-20(27)8-5-17)12-19(15-28)26(31)29-22-14-21(30(32)33)9-11-23(22)34-2/h4-14H,3,16H2,1-2H3,(H,29,31)/b19-12+. The van der Waals surface area contributed by atoms with E-state index >= 15 is 0 Å². The molecular formula is C26H22ClN3O6. The van der Waals surface area contributed by atoms with Crippen LogP contribution < -0.4 is 19.5 Å². The Labute approximate surface area is 212 Å². The van der Waals surface area contributed by atoms with E-state index in [0.29, 0.717) is 35.3 Å². The second-order valence-corrected chi connectivity index (χ2v) is 7.76. The first-order valence-corrected chi connectivity index (χ1v) is 11.1. The predicted molar refractivity (Wildman–Crippen MR) is 135 cm³/mol. The average molecular weight is 508 g/mol. The number of nitrogens with one attached hydrogen (secondary N) is 1. The third-order valence-electron chi connectivity index (χ3n) is 4.89. The minimum atomic E-state index is -0.752. The molecule has 3 rings (SSSR count). The number of nitro groups is 1. The fourth-order valence-corrected chi connectivity index (χ4v) is 3.28. The second kappa shape index (κ2) is 12.2. The van der Waals surface area contributed by atoms with E-state index in [2.05, 4.69) is 5.32 Å². The van der Waals surface area contributed by atoms with Gasteiger partial charge in [0.05, 0.1) is 24.3 Å². The fourth-order valence-electron chi connectivity index (χ4n) is 3.16. The van der Waals surface area contributed by atoms with E-state index in [1.165, 1.54) is 25.3 Å². The molecule has 10 heteroatoms. The summed E-state index contributed by atoms with van der Waals surface area (Å²) < 4.78 is 16.7. The van der Waals surface area contributed by atoms with Crippen LogP contribution >= 0.6 is 11.6 Å². The van der Waals surface area contributed by atoms with Crippen LogP contribution in [0.15, 0.2) is 66.2 Å². The lowest BCUT2D eigenvalue weighted by atomic mass is 10.1. The van der Waals surface area contributed by atoms with Crippen LogP contribution in [-0.4, -0.2) is 24.5 Å². The number of amides is 1. The zero-order valence-corrected chi connectivity index (χ0v) is 20.2. The molecule has 36 heavy (non-hydrogen) atoms. The molecule has 0 unspecified atom stereocenters. The largest absolute Gasteiger partial charge is 0.495 e. The lowest BCUT2D eigenvalue weighted by molar-refractivity contribution is -0.384. The van der Waals surface area contributed by atoms with Crippen molar-refractivity contribution in [3.63, 3.8) is 0 Å². The molecule has 9 nitrogen and oxygen atoms in total. The van der Waals surface area contributed by atoms with Gasteiger partial charge in [-0.1, -0.05) is 29.8 Å². The molecule has 3 aromatic rings. The number of non-ortho nitro benzene ring substituents is 1. The van der Waals surface area contributed by atoms with Crippen molar-refractivity contribution in [3.8, 4) is 23.3 Å². The number of nitriles is 1. The zero-order chi connectivity index (χ0) is 26.1. The number of benzene rings is 3. The van der Waals surface area contributed by atoms with Crippen LogP contribution in [0.3, 0.4) is 0 Å². The number of hydrogen-bond acceptors (Lipinski definition) is 7. The Bertz CT molecular complexity index is 1330. The Hall–Kier alpha value is -4.55. The van der Waals surface area contributed by atoms with E-state index in [-0.39, 0.29) is 22.7 Å². The van der Waals surface area contributed by atoms with Gasteiger partial charge in [-0.05, 0) is 54.5 Å². The highest BCUT2D eigenvalue weighted by Gasteiger charge is 2.17. The molecule has 0 spiro atoms. The van der Waals surface area contributed by atoms with Gasteiger partial charge in [-0.15, -0.1) is 0 Å². The fraction of sp³-hybridized carbons (Fsp3) is 0.154. The van der Waals surface area contributed by atoms with Crippen LogP contribution in [0.5, 0.6) is 17.2 Å². The summed E-state index contributed by atoms with van der Waals surface area (Å²) in [6.07, 6.45) is 1.38. The zero-order valence-electron chi connectivity index (χ0n) is 19.5. The van der Waals surface area contributed by atoms with Crippen LogP contribution in [0.2, 0.25) is 5.02 Å². The van der Waals surface area contributed by atoms with Crippen LogP contribution in [0.25, 0.3) is 6.08 Å². The minimum absolute atomic E-state index is 0.0683. The highest BCUT2D eigenvalue weighted by Crippen LogP contribution is 2.31. The topological polar surface area (TPSA) is 124 Å². The van der Waals surface area contributed by atoms with Gasteiger partial charge >= 0.3 is 0 Å². The third-order valence-corrected chi connectivity index (χ3v) is 5.15. The van der Waals surface area contributed by atoms with E-state index in [1.807, 2.05) is 25.1 Å². The Morgan fingerprint density at radius 1 is 1.08 bits per heavy atom. The van der Waals surface area contributed by atoms with Crippen molar-refractivity contribution < 1.29 is 23.9 Å². The summed E-state index contributed by atoms with van der Waals surface area (Å²) in [7, 11) is 1.36. The first-order chi connectivity index (χ1) is 17.3. The number of ether oxygens (including phenoxy) is 3. The molecule has 0 aromatic heterocycles. The van der Waals surface area contributed by atoms with Crippen molar-refractivity contribution in [2.45, 2.75) is 13.5 Å². The molecule has 3 aromatic carbocycles. The van der Waals surface area contributed by atoms with E-state index < -0.39 is 10.8 Å². The first kappa shape index (κ1) is 26.1. The predicted octanol–water partition coefficient (Wildman–Crippen LogP) is 5.78. The van der Waals surface area contributed by atoms with E-state index in [9.17, 15) is 20.2 Å². The summed E-state index contributed by atoms with van der Waals surface area (Å²) in [6, 6.07) is 17.9. The molecule has 0 fully saturated rings. The molecule has 0 radical (unpaired) electrons. The van der Waals surface area contributed by atoms with Gasteiger partial charge < -0.3 is 19.5 Å². The Balaban J connectivity index is 1.82. The van der Waals surface area contributed by atoms with Gasteiger partial charge in [-0.25, -0.2) is 0 Å². The maximum atomic E-state index is 12.8. The summed E-state index contributed by atoms with van der Waals surface area (Å²) in [4.78, 5) is 23.3. The molecule has 0 aliphatic carbocycles.